The van der Waals surface area contributed by atoms with E-state index in [4.69, 9.17) is 0 Å². The van der Waals surface area contributed by atoms with E-state index in [1.165, 1.54) is 11.3 Å². The topological polar surface area (TPSA) is 54.0 Å². The van der Waals surface area contributed by atoms with Crippen LogP contribution in [0, 0.1) is 0 Å². The van der Waals surface area contributed by atoms with Gasteiger partial charge in [-0.05, 0) is 24.3 Å². The molecule has 2 aromatic carbocycles. The molecule has 0 aliphatic carbocycles. The Bertz CT molecular complexity index is 726. The van der Waals surface area contributed by atoms with Crippen LogP contribution in [0.4, 0.5) is 16.4 Å². The number of hydrogen-bond acceptors (Lipinski definition) is 4. The van der Waals surface area contributed by atoms with Crippen molar-refractivity contribution >= 4 is 33.6 Å². The summed E-state index contributed by atoms with van der Waals surface area (Å²) in [5.41, 5.74) is 3.73. The Balaban J connectivity index is 1.77. The van der Waals surface area contributed by atoms with Gasteiger partial charge in [0.2, 0.25) is 0 Å². The zero-order valence-electron chi connectivity index (χ0n) is 11.1. The minimum Gasteiger partial charge on any atom is -0.345 e. The van der Waals surface area contributed by atoms with Crippen molar-refractivity contribution in [3.63, 3.8) is 0 Å². The predicted molar refractivity (Wildman–Crippen MR) is 86.2 cm³/mol. The second-order valence-corrected chi connectivity index (χ2v) is 5.20. The zero-order chi connectivity index (χ0) is 14.5. The van der Waals surface area contributed by atoms with Crippen LogP contribution < -0.4 is 10.6 Å². The Morgan fingerprint density at radius 3 is 2.19 bits per heavy atom. The van der Waals surface area contributed by atoms with Crippen LogP contribution in [0.1, 0.15) is 10.5 Å². The highest BCUT2D eigenvalue weighted by atomic mass is 32.1. The summed E-state index contributed by atoms with van der Waals surface area (Å²) in [7, 11) is 0. The van der Waals surface area contributed by atoms with E-state index in [-0.39, 0.29) is 5.91 Å². The summed E-state index contributed by atoms with van der Waals surface area (Å²) < 4.78 is 0. The molecule has 0 fully saturated rings. The number of hydrogen-bond donors (Lipinski definition) is 2. The molecule has 0 unspecified atom stereocenters. The second kappa shape index (κ2) is 6.19. The minimum absolute atomic E-state index is 0.221. The van der Waals surface area contributed by atoms with Gasteiger partial charge in [0.25, 0.3) is 5.91 Å². The van der Waals surface area contributed by atoms with Gasteiger partial charge in [-0.25, -0.2) is 4.98 Å². The summed E-state index contributed by atoms with van der Waals surface area (Å²) in [6.45, 7) is 0. The van der Waals surface area contributed by atoms with Gasteiger partial charge in [0.1, 0.15) is 5.00 Å². The molecular formula is C16H13N3OS. The van der Waals surface area contributed by atoms with Crippen molar-refractivity contribution < 1.29 is 4.79 Å². The number of para-hydroxylation sites is 2. The number of aromatic nitrogens is 1. The number of carbonyl (C=O) groups is 1. The highest BCUT2D eigenvalue weighted by Crippen LogP contribution is 2.25. The Kier molecular flexibility index (Phi) is 3.93. The molecule has 0 atom stereocenters. The standard InChI is InChI=1S/C16H13N3OS/c20-15(18-12-7-3-1-4-8-12)14-16(21-11-17-14)19-13-9-5-2-6-10-13/h1-11,19H,(H,18,20). The van der Waals surface area contributed by atoms with Crippen LogP contribution >= 0.6 is 11.3 Å². The van der Waals surface area contributed by atoms with Crippen LogP contribution in [0.25, 0.3) is 0 Å². The van der Waals surface area contributed by atoms with Crippen LogP contribution in [-0.2, 0) is 0 Å². The Labute approximate surface area is 126 Å². The van der Waals surface area contributed by atoms with Crippen LogP contribution in [0.2, 0.25) is 0 Å². The first-order chi connectivity index (χ1) is 10.3. The molecule has 0 saturated carbocycles. The van der Waals surface area contributed by atoms with E-state index in [9.17, 15) is 4.79 Å². The first-order valence-corrected chi connectivity index (χ1v) is 7.33. The van der Waals surface area contributed by atoms with Gasteiger partial charge in [-0.1, -0.05) is 36.4 Å². The molecule has 1 amide bonds. The van der Waals surface area contributed by atoms with Gasteiger partial charge in [-0.15, -0.1) is 11.3 Å². The van der Waals surface area contributed by atoms with Crippen LogP contribution in [0.5, 0.6) is 0 Å². The number of amides is 1. The fourth-order valence-corrected chi connectivity index (χ4v) is 2.56. The van der Waals surface area contributed by atoms with Crippen molar-refractivity contribution in [3.05, 3.63) is 71.9 Å². The Morgan fingerprint density at radius 2 is 1.52 bits per heavy atom. The van der Waals surface area contributed by atoms with Gasteiger partial charge in [0.05, 0.1) is 5.51 Å². The molecule has 0 radical (unpaired) electrons. The normalized spacial score (nSPS) is 10.1. The highest BCUT2D eigenvalue weighted by Gasteiger charge is 2.15. The van der Waals surface area contributed by atoms with Crippen LogP contribution in [0.3, 0.4) is 0 Å². The van der Waals surface area contributed by atoms with E-state index in [1.54, 1.807) is 5.51 Å². The molecule has 0 spiro atoms. The Hall–Kier alpha value is -2.66. The minimum atomic E-state index is -0.221. The van der Waals surface area contributed by atoms with Crippen LogP contribution in [-0.4, -0.2) is 10.9 Å². The first-order valence-electron chi connectivity index (χ1n) is 6.45. The second-order valence-electron chi connectivity index (χ2n) is 4.34. The molecule has 0 bridgehead atoms. The van der Waals surface area contributed by atoms with E-state index >= 15 is 0 Å². The molecule has 3 aromatic rings. The number of rotatable bonds is 4. The summed E-state index contributed by atoms with van der Waals surface area (Å²) in [5, 5.41) is 6.78. The largest absolute Gasteiger partial charge is 0.345 e. The molecule has 0 aliphatic rings. The molecule has 0 saturated heterocycles. The van der Waals surface area contributed by atoms with Crippen molar-refractivity contribution in [3.8, 4) is 0 Å². The predicted octanol–water partition coefficient (Wildman–Crippen LogP) is 4.14. The molecule has 5 heteroatoms. The summed E-state index contributed by atoms with van der Waals surface area (Å²) in [4.78, 5) is 16.4. The first kappa shape index (κ1) is 13.3. The van der Waals surface area contributed by atoms with Crippen molar-refractivity contribution in [2.24, 2.45) is 0 Å². The third-order valence-corrected chi connectivity index (χ3v) is 3.59. The Morgan fingerprint density at radius 1 is 0.905 bits per heavy atom. The van der Waals surface area contributed by atoms with E-state index in [2.05, 4.69) is 15.6 Å². The number of carbonyl (C=O) groups excluding carboxylic acids is 1. The lowest BCUT2D eigenvalue weighted by Crippen LogP contribution is -2.13. The monoisotopic (exact) mass is 295 g/mol. The molecule has 4 nitrogen and oxygen atoms in total. The molecule has 2 N–H and O–H groups in total. The summed E-state index contributed by atoms with van der Waals surface area (Å²) in [5.74, 6) is -0.221. The fraction of sp³-hybridized carbons (Fsp3) is 0. The fourth-order valence-electron chi connectivity index (χ4n) is 1.86. The van der Waals surface area contributed by atoms with E-state index < -0.39 is 0 Å². The number of anilines is 3. The molecule has 0 aliphatic heterocycles. The van der Waals surface area contributed by atoms with Gasteiger partial charge in [-0.2, -0.15) is 0 Å². The average Bonchev–Trinajstić information content (AvgIpc) is 2.97. The molecule has 1 aromatic heterocycles. The van der Waals surface area contributed by atoms with Crippen molar-refractivity contribution in [2.75, 3.05) is 10.6 Å². The van der Waals surface area contributed by atoms with E-state index in [1.807, 2.05) is 60.7 Å². The number of benzene rings is 2. The zero-order valence-corrected chi connectivity index (χ0v) is 11.9. The van der Waals surface area contributed by atoms with Crippen molar-refractivity contribution in [2.45, 2.75) is 0 Å². The third-order valence-electron chi connectivity index (χ3n) is 2.85. The lowest BCUT2D eigenvalue weighted by Gasteiger charge is -2.07. The SMILES string of the molecule is O=C(Nc1ccccc1)c1ncsc1Nc1ccccc1. The quantitative estimate of drug-likeness (QED) is 0.760. The lowest BCUT2D eigenvalue weighted by molar-refractivity contribution is 0.102. The highest BCUT2D eigenvalue weighted by molar-refractivity contribution is 7.14. The smallest absolute Gasteiger partial charge is 0.277 e. The van der Waals surface area contributed by atoms with Crippen LogP contribution in [0.15, 0.2) is 66.2 Å². The third kappa shape index (κ3) is 3.27. The van der Waals surface area contributed by atoms with E-state index in [0.717, 1.165) is 16.4 Å². The van der Waals surface area contributed by atoms with Crippen molar-refractivity contribution in [1.82, 2.24) is 4.98 Å². The molecule has 3 rings (SSSR count). The van der Waals surface area contributed by atoms with Gasteiger partial charge in [-0.3, -0.25) is 4.79 Å². The van der Waals surface area contributed by atoms with Gasteiger partial charge in [0, 0.05) is 11.4 Å². The van der Waals surface area contributed by atoms with E-state index in [0.29, 0.717) is 5.69 Å². The molecule has 21 heavy (non-hydrogen) atoms. The van der Waals surface area contributed by atoms with Gasteiger partial charge in [0.15, 0.2) is 5.69 Å². The number of thiazole rings is 1. The molecule has 1 heterocycles. The molecular weight excluding hydrogens is 282 g/mol. The lowest BCUT2D eigenvalue weighted by atomic mass is 10.3. The summed E-state index contributed by atoms with van der Waals surface area (Å²) >= 11 is 1.40. The average molecular weight is 295 g/mol. The van der Waals surface area contributed by atoms with Gasteiger partial charge >= 0.3 is 0 Å². The summed E-state index contributed by atoms with van der Waals surface area (Å²) in [6.07, 6.45) is 0. The number of nitrogens with zero attached hydrogens (tertiary/aromatic N) is 1. The maximum Gasteiger partial charge on any atom is 0.277 e. The van der Waals surface area contributed by atoms with Crippen molar-refractivity contribution in [1.29, 1.82) is 0 Å². The molecule has 104 valence electrons. The maximum absolute atomic E-state index is 12.3. The summed E-state index contributed by atoms with van der Waals surface area (Å²) in [6, 6.07) is 19.0. The number of nitrogens with one attached hydrogen (secondary N) is 2. The van der Waals surface area contributed by atoms with Gasteiger partial charge < -0.3 is 10.6 Å². The maximum atomic E-state index is 12.3.